The molecule has 2 N–H and O–H groups in total. The van der Waals surface area contributed by atoms with Crippen LogP contribution in [-0.2, 0) is 19.4 Å². The predicted molar refractivity (Wildman–Crippen MR) is 96.1 cm³/mol. The normalized spacial score (nSPS) is 20.3. The molecule has 2 amide bonds. The molecular formula is C17H20N2O7S. The highest BCUT2D eigenvalue weighted by molar-refractivity contribution is 7.91. The third kappa shape index (κ3) is 4.70. The average Bonchev–Trinajstić information content (AvgIpc) is 3.03. The average molecular weight is 396 g/mol. The molecule has 1 aromatic carbocycles. The Balaban J connectivity index is 1.58. The Morgan fingerprint density at radius 2 is 2.00 bits per heavy atom. The summed E-state index contributed by atoms with van der Waals surface area (Å²) in [5.41, 5.74) is 5.14. The van der Waals surface area contributed by atoms with Gasteiger partial charge in [0.25, 0.3) is 5.91 Å². The number of benzene rings is 1. The summed E-state index contributed by atoms with van der Waals surface area (Å²) in [6, 6.07) is 3.40. The number of carbonyl (C=O) groups is 2. The SMILES string of the molecule is COc1cc(/C=C/C(=O)NNC(=O)[C@@H]2CCS(=O)(=O)C2)cc2c1OCCO2. The number of ether oxygens (including phenoxy) is 3. The Morgan fingerprint density at radius 3 is 2.70 bits per heavy atom. The Kier molecular flexibility index (Phi) is 5.54. The van der Waals surface area contributed by atoms with Crippen molar-refractivity contribution >= 4 is 27.7 Å². The molecule has 9 nitrogen and oxygen atoms in total. The van der Waals surface area contributed by atoms with E-state index in [1.54, 1.807) is 12.1 Å². The van der Waals surface area contributed by atoms with Gasteiger partial charge in [-0.3, -0.25) is 20.4 Å². The number of sulfone groups is 1. The topological polar surface area (TPSA) is 120 Å². The fourth-order valence-electron chi connectivity index (χ4n) is 2.83. The van der Waals surface area contributed by atoms with Crippen LogP contribution in [0, 0.1) is 5.92 Å². The van der Waals surface area contributed by atoms with E-state index in [1.165, 1.54) is 19.3 Å². The van der Waals surface area contributed by atoms with E-state index in [1.807, 2.05) is 0 Å². The first-order valence-electron chi connectivity index (χ1n) is 8.34. The van der Waals surface area contributed by atoms with Gasteiger partial charge in [0.1, 0.15) is 13.2 Å². The smallest absolute Gasteiger partial charge is 0.262 e. The number of carbonyl (C=O) groups excluding carboxylic acids is 2. The maximum Gasteiger partial charge on any atom is 0.262 e. The molecule has 0 saturated carbocycles. The molecule has 0 unspecified atom stereocenters. The van der Waals surface area contributed by atoms with Crippen LogP contribution in [0.2, 0.25) is 0 Å². The highest BCUT2D eigenvalue weighted by atomic mass is 32.2. The predicted octanol–water partition coefficient (Wildman–Crippen LogP) is 0.0617. The first-order chi connectivity index (χ1) is 12.9. The van der Waals surface area contributed by atoms with E-state index in [0.29, 0.717) is 36.0 Å². The van der Waals surface area contributed by atoms with Gasteiger partial charge in [0.2, 0.25) is 11.7 Å². The Labute approximate surface area is 156 Å². The molecule has 2 aliphatic rings. The van der Waals surface area contributed by atoms with Crippen molar-refractivity contribution in [2.45, 2.75) is 6.42 Å². The lowest BCUT2D eigenvalue weighted by Gasteiger charge is -2.20. The van der Waals surface area contributed by atoms with Gasteiger partial charge in [-0.2, -0.15) is 0 Å². The van der Waals surface area contributed by atoms with E-state index < -0.39 is 27.6 Å². The minimum atomic E-state index is -3.16. The molecule has 146 valence electrons. The Hall–Kier alpha value is -2.75. The summed E-state index contributed by atoms with van der Waals surface area (Å²) in [6.45, 7) is 0.857. The summed E-state index contributed by atoms with van der Waals surface area (Å²) in [7, 11) is -1.65. The van der Waals surface area contributed by atoms with Crippen LogP contribution in [0.1, 0.15) is 12.0 Å². The maximum atomic E-state index is 11.9. The molecule has 3 rings (SSSR count). The number of hydrogen-bond donors (Lipinski definition) is 2. The monoisotopic (exact) mass is 396 g/mol. The molecule has 1 fully saturated rings. The molecule has 1 atom stereocenters. The van der Waals surface area contributed by atoms with Gasteiger partial charge in [-0.05, 0) is 30.2 Å². The molecule has 0 aliphatic carbocycles. The van der Waals surface area contributed by atoms with Gasteiger partial charge in [0.05, 0.1) is 24.5 Å². The van der Waals surface area contributed by atoms with Gasteiger partial charge in [-0.25, -0.2) is 8.42 Å². The highest BCUT2D eigenvalue weighted by Gasteiger charge is 2.33. The highest BCUT2D eigenvalue weighted by Crippen LogP contribution is 2.40. The fraction of sp³-hybridized carbons (Fsp3) is 0.412. The van der Waals surface area contributed by atoms with Crippen LogP contribution in [0.5, 0.6) is 17.2 Å². The Bertz CT molecular complexity index is 862. The zero-order valence-corrected chi connectivity index (χ0v) is 15.5. The number of nitrogens with one attached hydrogen (secondary N) is 2. The second-order valence-corrected chi connectivity index (χ2v) is 8.39. The van der Waals surface area contributed by atoms with Crippen LogP contribution < -0.4 is 25.1 Å². The molecule has 0 spiro atoms. The number of amides is 2. The summed E-state index contributed by atoms with van der Waals surface area (Å²) >= 11 is 0. The van der Waals surface area contributed by atoms with E-state index in [9.17, 15) is 18.0 Å². The zero-order chi connectivity index (χ0) is 19.4. The second-order valence-electron chi connectivity index (χ2n) is 6.16. The van der Waals surface area contributed by atoms with Crippen molar-refractivity contribution in [2.75, 3.05) is 31.8 Å². The minimum absolute atomic E-state index is 0.00904. The van der Waals surface area contributed by atoms with Crippen molar-refractivity contribution in [1.82, 2.24) is 10.9 Å². The van der Waals surface area contributed by atoms with Crippen LogP contribution in [0.25, 0.3) is 6.08 Å². The third-order valence-corrected chi connectivity index (χ3v) is 5.96. The number of hydrogen-bond acceptors (Lipinski definition) is 7. The summed E-state index contributed by atoms with van der Waals surface area (Å²) in [4.78, 5) is 23.8. The van der Waals surface area contributed by atoms with Gasteiger partial charge in [0, 0.05) is 6.08 Å². The Morgan fingerprint density at radius 1 is 1.22 bits per heavy atom. The fourth-order valence-corrected chi connectivity index (χ4v) is 4.57. The quantitative estimate of drug-likeness (QED) is 0.545. The van der Waals surface area contributed by atoms with Crippen molar-refractivity contribution in [3.05, 3.63) is 23.8 Å². The molecule has 1 saturated heterocycles. The van der Waals surface area contributed by atoms with Crippen molar-refractivity contribution in [3.8, 4) is 17.2 Å². The van der Waals surface area contributed by atoms with Gasteiger partial charge in [-0.15, -0.1) is 0 Å². The summed E-state index contributed by atoms with van der Waals surface area (Å²) in [6.07, 6.45) is 3.02. The van der Waals surface area contributed by atoms with Crippen LogP contribution in [-0.4, -0.2) is 52.1 Å². The van der Waals surface area contributed by atoms with Crippen LogP contribution in [0.3, 0.4) is 0 Å². The number of rotatable bonds is 4. The van der Waals surface area contributed by atoms with Crippen molar-refractivity contribution in [1.29, 1.82) is 0 Å². The van der Waals surface area contributed by atoms with E-state index in [-0.39, 0.29) is 17.9 Å². The van der Waals surface area contributed by atoms with Crippen molar-refractivity contribution in [3.63, 3.8) is 0 Å². The maximum absolute atomic E-state index is 11.9. The summed E-state index contributed by atoms with van der Waals surface area (Å²) < 4.78 is 39.1. The lowest BCUT2D eigenvalue weighted by Crippen LogP contribution is -2.44. The van der Waals surface area contributed by atoms with Crippen molar-refractivity contribution in [2.24, 2.45) is 5.92 Å². The second kappa shape index (κ2) is 7.87. The minimum Gasteiger partial charge on any atom is -0.493 e. The molecule has 2 aliphatic heterocycles. The summed E-state index contributed by atoms with van der Waals surface area (Å²) in [5.74, 6) is -0.381. The first-order valence-corrected chi connectivity index (χ1v) is 10.2. The molecule has 0 aromatic heterocycles. The lowest BCUT2D eigenvalue weighted by molar-refractivity contribution is -0.129. The zero-order valence-electron chi connectivity index (χ0n) is 14.7. The molecule has 1 aromatic rings. The number of fused-ring (bicyclic) bond motifs is 1. The molecule has 0 radical (unpaired) electrons. The largest absolute Gasteiger partial charge is 0.493 e. The lowest BCUT2D eigenvalue weighted by atomic mass is 10.1. The molecule has 10 heteroatoms. The van der Waals surface area contributed by atoms with Gasteiger partial charge >= 0.3 is 0 Å². The molecule has 2 heterocycles. The standard InChI is InChI=1S/C17H20N2O7S/c1-24-13-8-11(9-14-16(13)26-6-5-25-14)2-3-15(20)18-19-17(21)12-4-7-27(22,23)10-12/h2-3,8-9,12H,4-7,10H2,1H3,(H,18,20)(H,19,21)/b3-2+/t12-/m1/s1. The molecular weight excluding hydrogens is 376 g/mol. The van der Waals surface area contributed by atoms with E-state index in [0.717, 1.165) is 0 Å². The van der Waals surface area contributed by atoms with E-state index in [2.05, 4.69) is 10.9 Å². The molecule has 27 heavy (non-hydrogen) atoms. The van der Waals surface area contributed by atoms with Crippen molar-refractivity contribution < 1.29 is 32.2 Å². The van der Waals surface area contributed by atoms with Gasteiger partial charge in [-0.1, -0.05) is 0 Å². The first kappa shape index (κ1) is 19.0. The number of methoxy groups -OCH3 is 1. The third-order valence-electron chi connectivity index (χ3n) is 4.19. The van der Waals surface area contributed by atoms with Crippen LogP contribution in [0.4, 0.5) is 0 Å². The van der Waals surface area contributed by atoms with Gasteiger partial charge in [0.15, 0.2) is 21.3 Å². The van der Waals surface area contributed by atoms with Crippen LogP contribution >= 0.6 is 0 Å². The van der Waals surface area contributed by atoms with Crippen LogP contribution in [0.15, 0.2) is 18.2 Å². The molecule has 0 bridgehead atoms. The van der Waals surface area contributed by atoms with Gasteiger partial charge < -0.3 is 14.2 Å². The summed E-state index contributed by atoms with van der Waals surface area (Å²) in [5, 5.41) is 0. The van der Waals surface area contributed by atoms with E-state index in [4.69, 9.17) is 14.2 Å². The number of hydrazine groups is 1. The van der Waals surface area contributed by atoms with E-state index >= 15 is 0 Å².